The predicted molar refractivity (Wildman–Crippen MR) is 35.5 cm³/mol. The maximum absolute atomic E-state index is 9.65. The molecule has 2 aliphatic carbocycles. The number of rotatable bonds is 2. The van der Waals surface area contributed by atoms with Crippen molar-refractivity contribution in [3.8, 4) is 0 Å². The first-order valence-corrected chi connectivity index (χ1v) is 4.03. The van der Waals surface area contributed by atoms with Crippen molar-refractivity contribution in [2.75, 3.05) is 0 Å². The Kier molecular flexibility index (Phi) is 12.3. The van der Waals surface area contributed by atoms with Gasteiger partial charge in [0.25, 0.3) is 0 Å². The third-order valence-corrected chi connectivity index (χ3v) is 1.82. The van der Waals surface area contributed by atoms with Crippen molar-refractivity contribution in [2.24, 2.45) is 11.8 Å². The molecule has 2 saturated carbocycles. The number of aliphatic carboxylic acids is 2. The third kappa shape index (κ3) is 9.44. The summed E-state index contributed by atoms with van der Waals surface area (Å²) in [5.41, 5.74) is 0. The molecule has 0 atom stereocenters. The molecule has 2 rings (SSSR count). The van der Waals surface area contributed by atoms with Gasteiger partial charge in [-0.3, -0.25) is 0 Å². The van der Waals surface area contributed by atoms with E-state index in [0.717, 1.165) is 25.7 Å². The molecule has 2 fully saturated rings. The molecule has 2 aliphatic rings. The molecule has 14 heavy (non-hydrogen) atoms. The van der Waals surface area contributed by atoms with Gasteiger partial charge >= 0.3 is 103 Å². The van der Waals surface area contributed by atoms with Gasteiger partial charge in [-0.2, -0.15) is 0 Å². The van der Waals surface area contributed by atoms with E-state index in [4.69, 9.17) is 0 Å². The van der Waals surface area contributed by atoms with Crippen LogP contribution in [0.25, 0.3) is 0 Å². The molecule has 0 spiro atoms. The van der Waals surface area contributed by atoms with E-state index < -0.39 is 11.9 Å². The minimum Gasteiger partial charge on any atom is -0.550 e. The van der Waals surface area contributed by atoms with E-state index in [9.17, 15) is 19.8 Å². The van der Waals surface area contributed by atoms with E-state index in [-0.39, 0.29) is 115 Å². The zero-order valence-corrected chi connectivity index (χ0v) is 14.9. The first-order chi connectivity index (χ1) is 5.61. The van der Waals surface area contributed by atoms with Gasteiger partial charge in [-0.25, -0.2) is 0 Å². The SMILES string of the molecule is O=C([O-])C1CC1.O=C([O-])C1CC1.[K+].[K+]. The van der Waals surface area contributed by atoms with Crippen LogP contribution in [0.5, 0.6) is 0 Å². The van der Waals surface area contributed by atoms with Gasteiger partial charge in [-0.1, -0.05) is 0 Å². The summed E-state index contributed by atoms with van der Waals surface area (Å²) in [4.78, 5) is 19.3. The second-order valence-corrected chi connectivity index (χ2v) is 3.19. The molecule has 6 heteroatoms. The van der Waals surface area contributed by atoms with E-state index in [1.54, 1.807) is 0 Å². The van der Waals surface area contributed by atoms with Gasteiger partial charge in [0.05, 0.1) is 0 Å². The average molecular weight is 248 g/mol. The van der Waals surface area contributed by atoms with Crippen LogP contribution in [0.15, 0.2) is 0 Å². The molecule has 0 aromatic rings. The molecular formula is C8H10K2O4. The molecule has 0 aromatic carbocycles. The van der Waals surface area contributed by atoms with Crippen LogP contribution >= 0.6 is 0 Å². The van der Waals surface area contributed by atoms with Crippen LogP contribution in [-0.2, 0) is 9.59 Å². The van der Waals surface area contributed by atoms with Crippen LogP contribution in [0.4, 0.5) is 0 Å². The van der Waals surface area contributed by atoms with Crippen LogP contribution < -0.4 is 113 Å². The Labute approximate surface area is 168 Å². The molecule has 0 radical (unpaired) electrons. The zero-order valence-electron chi connectivity index (χ0n) is 8.62. The van der Waals surface area contributed by atoms with Crippen molar-refractivity contribution in [3.63, 3.8) is 0 Å². The van der Waals surface area contributed by atoms with Crippen molar-refractivity contribution in [2.45, 2.75) is 25.7 Å². The number of carboxylic acid groups (broad SMARTS) is 2. The largest absolute Gasteiger partial charge is 1.00 e. The topological polar surface area (TPSA) is 80.3 Å². The zero-order chi connectivity index (χ0) is 9.14. The summed E-state index contributed by atoms with van der Waals surface area (Å²) in [6, 6.07) is 0. The van der Waals surface area contributed by atoms with Gasteiger partial charge in [0.15, 0.2) is 0 Å². The van der Waals surface area contributed by atoms with E-state index in [0.29, 0.717) is 0 Å². The van der Waals surface area contributed by atoms with Gasteiger partial charge in [-0.15, -0.1) is 0 Å². The summed E-state index contributed by atoms with van der Waals surface area (Å²) in [6.07, 6.45) is 3.34. The van der Waals surface area contributed by atoms with Gasteiger partial charge in [0.1, 0.15) is 0 Å². The number of carbonyl (C=O) groups is 2. The number of carboxylic acids is 2. The van der Waals surface area contributed by atoms with E-state index in [2.05, 4.69) is 0 Å². The Morgan fingerprint density at radius 2 is 1.00 bits per heavy atom. The van der Waals surface area contributed by atoms with Crippen molar-refractivity contribution in [1.29, 1.82) is 0 Å². The second-order valence-electron chi connectivity index (χ2n) is 3.19. The van der Waals surface area contributed by atoms with Crippen LogP contribution in [0.2, 0.25) is 0 Å². The Balaban J connectivity index is 0. The standard InChI is InChI=1S/2C4H6O2.2K/c2*5-4(6)3-1-2-3;;/h2*3H,1-2H2,(H,5,6);;/q;;2*+1/p-2. The van der Waals surface area contributed by atoms with Crippen molar-refractivity contribution < 1.29 is 123 Å². The Morgan fingerprint density at radius 1 is 0.786 bits per heavy atom. The van der Waals surface area contributed by atoms with Crippen LogP contribution in [0, 0.1) is 11.8 Å². The summed E-state index contributed by atoms with van der Waals surface area (Å²) in [7, 11) is 0. The molecule has 0 heterocycles. The molecule has 0 aromatic heterocycles. The van der Waals surface area contributed by atoms with E-state index >= 15 is 0 Å². The second kappa shape index (κ2) is 9.26. The number of hydrogen-bond acceptors (Lipinski definition) is 4. The van der Waals surface area contributed by atoms with Gasteiger partial charge in [-0.05, 0) is 37.5 Å². The Morgan fingerprint density at radius 3 is 1.00 bits per heavy atom. The van der Waals surface area contributed by atoms with Crippen molar-refractivity contribution in [1.82, 2.24) is 0 Å². The Hall–Kier alpha value is 2.21. The van der Waals surface area contributed by atoms with Gasteiger partial charge in [0, 0.05) is 11.9 Å². The summed E-state index contributed by atoms with van der Waals surface area (Å²) < 4.78 is 0. The number of carbonyl (C=O) groups excluding carboxylic acids is 2. The molecule has 0 unspecified atom stereocenters. The monoisotopic (exact) mass is 248 g/mol. The molecule has 0 bridgehead atoms. The normalized spacial score (nSPS) is 17.7. The summed E-state index contributed by atoms with van der Waals surface area (Å²) in [5.74, 6) is -1.94. The third-order valence-electron chi connectivity index (χ3n) is 1.82. The molecule has 68 valence electrons. The maximum Gasteiger partial charge on any atom is 1.00 e. The van der Waals surface area contributed by atoms with E-state index in [1.165, 1.54) is 0 Å². The first kappa shape index (κ1) is 18.6. The average Bonchev–Trinajstić information content (AvgIpc) is 2.85. The molecular weight excluding hydrogens is 238 g/mol. The predicted octanol–water partition coefficient (Wildman–Crippen LogP) is -7.70. The van der Waals surface area contributed by atoms with Crippen LogP contribution in [0.3, 0.4) is 0 Å². The molecule has 0 N–H and O–H groups in total. The van der Waals surface area contributed by atoms with E-state index in [1.807, 2.05) is 0 Å². The molecule has 4 nitrogen and oxygen atoms in total. The Bertz CT molecular complexity index is 178. The fourth-order valence-electron chi connectivity index (χ4n) is 0.638. The smallest absolute Gasteiger partial charge is 0.550 e. The minimum atomic E-state index is -0.880. The first-order valence-electron chi connectivity index (χ1n) is 4.03. The van der Waals surface area contributed by atoms with Gasteiger partial charge in [0.2, 0.25) is 0 Å². The fraction of sp³-hybridized carbons (Fsp3) is 0.750. The fourth-order valence-corrected chi connectivity index (χ4v) is 0.638. The summed E-state index contributed by atoms with van der Waals surface area (Å²) in [5, 5.41) is 19.3. The van der Waals surface area contributed by atoms with Crippen molar-refractivity contribution in [3.05, 3.63) is 0 Å². The molecule has 0 aliphatic heterocycles. The summed E-state index contributed by atoms with van der Waals surface area (Å²) in [6.45, 7) is 0. The molecule has 0 amide bonds. The minimum absolute atomic E-state index is 0. The van der Waals surface area contributed by atoms with Gasteiger partial charge < -0.3 is 19.8 Å². The quantitative estimate of drug-likeness (QED) is 0.455. The van der Waals surface area contributed by atoms with Crippen molar-refractivity contribution >= 4 is 11.9 Å². The number of hydrogen-bond donors (Lipinski definition) is 0. The van der Waals surface area contributed by atoms with Crippen LogP contribution in [0.1, 0.15) is 25.7 Å². The summed E-state index contributed by atoms with van der Waals surface area (Å²) >= 11 is 0. The molecule has 0 saturated heterocycles. The van der Waals surface area contributed by atoms with Crippen LogP contribution in [-0.4, -0.2) is 11.9 Å². The maximum atomic E-state index is 9.65.